The van der Waals surface area contributed by atoms with E-state index in [2.05, 4.69) is 10.3 Å². The van der Waals surface area contributed by atoms with Gasteiger partial charge in [0.25, 0.3) is 0 Å². The first-order valence-corrected chi connectivity index (χ1v) is 9.57. The van der Waals surface area contributed by atoms with E-state index in [1.54, 1.807) is 7.11 Å². The average Bonchev–Trinajstić information content (AvgIpc) is 2.95. The molecular weight excluding hydrogens is 370 g/mol. The number of rotatable bonds is 7. The molecule has 0 bridgehead atoms. The summed E-state index contributed by atoms with van der Waals surface area (Å²) in [6.45, 7) is 0.601. The number of halogens is 1. The normalized spacial score (nSPS) is 10.9. The molecule has 1 heterocycles. The van der Waals surface area contributed by atoms with Crippen LogP contribution >= 0.6 is 23.4 Å². The number of thioether (sulfide) groups is 1. The number of benzene rings is 2. The number of ether oxygens (including phenoxy) is 1. The van der Waals surface area contributed by atoms with Crippen molar-refractivity contribution in [2.24, 2.45) is 7.05 Å². The number of amides is 1. The lowest BCUT2D eigenvalue weighted by atomic mass is 10.1. The average molecular weight is 390 g/mol. The quantitative estimate of drug-likeness (QED) is 0.626. The fourth-order valence-corrected chi connectivity index (χ4v) is 3.58. The Labute approximate surface area is 161 Å². The van der Waals surface area contributed by atoms with Crippen molar-refractivity contribution in [2.75, 3.05) is 19.4 Å². The van der Waals surface area contributed by atoms with Crippen molar-refractivity contribution in [3.8, 4) is 5.75 Å². The molecule has 0 saturated carbocycles. The number of hydrogen-bond donors (Lipinski definition) is 1. The van der Waals surface area contributed by atoms with Gasteiger partial charge in [0.15, 0.2) is 5.16 Å². The lowest BCUT2D eigenvalue weighted by molar-refractivity contribution is -0.118. The number of carbonyl (C=O) groups is 1. The lowest BCUT2D eigenvalue weighted by Gasteiger charge is -2.06. The lowest BCUT2D eigenvalue weighted by Crippen LogP contribution is -2.27. The number of fused-ring (bicyclic) bond motifs is 1. The second kappa shape index (κ2) is 8.47. The van der Waals surface area contributed by atoms with Gasteiger partial charge in [0.2, 0.25) is 5.91 Å². The molecule has 7 heteroatoms. The molecule has 0 atom stereocenters. The summed E-state index contributed by atoms with van der Waals surface area (Å²) < 4.78 is 7.11. The smallest absolute Gasteiger partial charge is 0.230 e. The van der Waals surface area contributed by atoms with Gasteiger partial charge in [-0.25, -0.2) is 4.98 Å². The largest absolute Gasteiger partial charge is 0.497 e. The van der Waals surface area contributed by atoms with Gasteiger partial charge in [-0.15, -0.1) is 0 Å². The van der Waals surface area contributed by atoms with E-state index < -0.39 is 0 Å². The molecule has 0 fully saturated rings. The van der Waals surface area contributed by atoms with Gasteiger partial charge >= 0.3 is 0 Å². The van der Waals surface area contributed by atoms with Crippen molar-refractivity contribution >= 4 is 40.3 Å². The molecule has 0 spiro atoms. The van der Waals surface area contributed by atoms with Crippen molar-refractivity contribution in [3.63, 3.8) is 0 Å². The second-order valence-corrected chi connectivity index (χ2v) is 7.20. The molecule has 1 N–H and O–H groups in total. The van der Waals surface area contributed by atoms with Crippen LogP contribution in [0.5, 0.6) is 5.75 Å². The molecular formula is C19H20ClN3O2S. The van der Waals surface area contributed by atoms with E-state index in [0.717, 1.165) is 33.9 Å². The maximum absolute atomic E-state index is 12.1. The topological polar surface area (TPSA) is 56.1 Å². The highest BCUT2D eigenvalue weighted by Crippen LogP contribution is 2.24. The van der Waals surface area contributed by atoms with E-state index >= 15 is 0 Å². The van der Waals surface area contributed by atoms with Crippen molar-refractivity contribution < 1.29 is 9.53 Å². The Balaban J connectivity index is 1.48. The zero-order valence-corrected chi connectivity index (χ0v) is 16.2. The fraction of sp³-hybridized carbons (Fsp3) is 0.263. The van der Waals surface area contributed by atoms with Crippen LogP contribution in [0.4, 0.5) is 0 Å². The molecule has 0 aliphatic carbocycles. The highest BCUT2D eigenvalue weighted by atomic mass is 35.5. The van der Waals surface area contributed by atoms with E-state index in [1.807, 2.05) is 54.1 Å². The summed E-state index contributed by atoms with van der Waals surface area (Å²) in [6.07, 6.45) is 0.783. The van der Waals surface area contributed by atoms with Crippen LogP contribution in [0.15, 0.2) is 47.6 Å². The van der Waals surface area contributed by atoms with E-state index in [-0.39, 0.29) is 5.91 Å². The first kappa shape index (κ1) is 18.6. The van der Waals surface area contributed by atoms with Crippen LogP contribution in [0.1, 0.15) is 5.56 Å². The third kappa shape index (κ3) is 4.51. The third-order valence-corrected chi connectivity index (χ3v) is 5.29. The van der Waals surface area contributed by atoms with Gasteiger partial charge in [-0.1, -0.05) is 35.5 Å². The molecule has 3 rings (SSSR count). The molecule has 2 aromatic carbocycles. The van der Waals surface area contributed by atoms with Crippen molar-refractivity contribution in [2.45, 2.75) is 11.6 Å². The summed E-state index contributed by atoms with van der Waals surface area (Å²) in [5.41, 5.74) is 2.99. The molecule has 0 unspecified atom stereocenters. The van der Waals surface area contributed by atoms with Crippen LogP contribution in [0, 0.1) is 0 Å². The number of methoxy groups -OCH3 is 1. The third-order valence-electron chi connectivity index (χ3n) is 4.03. The number of aromatic nitrogens is 2. The molecule has 0 aliphatic rings. The minimum absolute atomic E-state index is 0.00593. The SMILES string of the molecule is COc1ccc(CCNC(=O)CSc2nc3cc(Cl)ccc3n2C)cc1. The molecule has 0 saturated heterocycles. The Kier molecular flexibility index (Phi) is 6.06. The standard InChI is InChI=1S/C19H20ClN3O2S/c1-23-17-8-5-14(20)11-16(17)22-19(23)26-12-18(24)21-10-9-13-3-6-15(25-2)7-4-13/h3-8,11H,9-10,12H2,1-2H3,(H,21,24). The van der Waals surface area contributed by atoms with E-state index in [0.29, 0.717) is 17.3 Å². The van der Waals surface area contributed by atoms with Gasteiger partial charge in [-0.3, -0.25) is 4.79 Å². The van der Waals surface area contributed by atoms with Gasteiger partial charge in [0.1, 0.15) is 5.75 Å². The number of carbonyl (C=O) groups excluding carboxylic acids is 1. The summed E-state index contributed by atoms with van der Waals surface area (Å²) in [5.74, 6) is 1.15. The first-order chi connectivity index (χ1) is 12.6. The summed E-state index contributed by atoms with van der Waals surface area (Å²) >= 11 is 7.42. The van der Waals surface area contributed by atoms with Gasteiger partial charge in [-0.05, 0) is 42.3 Å². The first-order valence-electron chi connectivity index (χ1n) is 8.21. The van der Waals surface area contributed by atoms with Crippen LogP contribution in [0.3, 0.4) is 0 Å². The van der Waals surface area contributed by atoms with Crippen LogP contribution in [-0.4, -0.2) is 34.9 Å². The fourth-order valence-electron chi connectivity index (χ4n) is 2.60. The van der Waals surface area contributed by atoms with Gasteiger partial charge in [-0.2, -0.15) is 0 Å². The minimum Gasteiger partial charge on any atom is -0.497 e. The predicted octanol–water partition coefficient (Wildman–Crippen LogP) is 3.69. The summed E-state index contributed by atoms with van der Waals surface area (Å²) in [4.78, 5) is 16.6. The number of imidazole rings is 1. The summed E-state index contributed by atoms with van der Waals surface area (Å²) in [5, 5.41) is 4.40. The molecule has 26 heavy (non-hydrogen) atoms. The van der Waals surface area contributed by atoms with Crippen LogP contribution in [0.25, 0.3) is 11.0 Å². The Morgan fingerprint density at radius 1 is 1.27 bits per heavy atom. The molecule has 5 nitrogen and oxygen atoms in total. The maximum Gasteiger partial charge on any atom is 0.230 e. The van der Waals surface area contributed by atoms with Crippen LogP contribution in [-0.2, 0) is 18.3 Å². The monoisotopic (exact) mass is 389 g/mol. The van der Waals surface area contributed by atoms with Crippen LogP contribution < -0.4 is 10.1 Å². The number of hydrogen-bond acceptors (Lipinski definition) is 4. The van der Waals surface area contributed by atoms with E-state index in [4.69, 9.17) is 16.3 Å². The number of nitrogens with zero attached hydrogens (tertiary/aromatic N) is 2. The van der Waals surface area contributed by atoms with E-state index in [1.165, 1.54) is 11.8 Å². The zero-order valence-electron chi connectivity index (χ0n) is 14.7. The Hall–Kier alpha value is -2.18. The van der Waals surface area contributed by atoms with Crippen LogP contribution in [0.2, 0.25) is 5.02 Å². The molecule has 0 aliphatic heterocycles. The molecule has 136 valence electrons. The van der Waals surface area contributed by atoms with Crippen molar-refractivity contribution in [1.29, 1.82) is 0 Å². The van der Waals surface area contributed by atoms with Gasteiger partial charge < -0.3 is 14.6 Å². The Morgan fingerprint density at radius 3 is 2.77 bits per heavy atom. The molecule has 0 radical (unpaired) electrons. The van der Waals surface area contributed by atoms with Crippen molar-refractivity contribution in [3.05, 3.63) is 53.1 Å². The molecule has 3 aromatic rings. The Morgan fingerprint density at radius 2 is 2.04 bits per heavy atom. The Bertz CT molecular complexity index is 909. The van der Waals surface area contributed by atoms with Gasteiger partial charge in [0, 0.05) is 18.6 Å². The van der Waals surface area contributed by atoms with E-state index in [9.17, 15) is 4.79 Å². The maximum atomic E-state index is 12.1. The second-order valence-electron chi connectivity index (χ2n) is 5.82. The zero-order chi connectivity index (χ0) is 18.5. The number of aryl methyl sites for hydroxylation is 1. The highest BCUT2D eigenvalue weighted by Gasteiger charge is 2.11. The number of nitrogens with one attached hydrogen (secondary N) is 1. The van der Waals surface area contributed by atoms with Gasteiger partial charge in [0.05, 0.1) is 23.9 Å². The molecule has 1 amide bonds. The molecule has 1 aromatic heterocycles. The predicted molar refractivity (Wildman–Crippen MR) is 106 cm³/mol. The summed E-state index contributed by atoms with van der Waals surface area (Å²) in [6, 6.07) is 13.5. The minimum atomic E-state index is -0.00593. The highest BCUT2D eigenvalue weighted by molar-refractivity contribution is 7.99. The summed E-state index contributed by atoms with van der Waals surface area (Å²) in [7, 11) is 3.58. The van der Waals surface area contributed by atoms with Crippen molar-refractivity contribution in [1.82, 2.24) is 14.9 Å².